The Kier molecular flexibility index (Phi) is 6.53. The van der Waals surface area contributed by atoms with Crippen molar-refractivity contribution in [1.82, 2.24) is 4.90 Å². The van der Waals surface area contributed by atoms with Crippen LogP contribution in [0.25, 0.3) is 0 Å². The summed E-state index contributed by atoms with van der Waals surface area (Å²) >= 11 is 2.14. The SMILES string of the molecule is CCOC(=O)c1cc(N2CCN(C(=O)OC(C)(C)C)CC2)ccc1I. The number of carbonyl (C=O) groups excluding carboxylic acids is 2. The van der Waals surface area contributed by atoms with E-state index in [2.05, 4.69) is 27.5 Å². The Morgan fingerprint density at radius 3 is 2.36 bits per heavy atom. The molecule has 1 aromatic rings. The summed E-state index contributed by atoms with van der Waals surface area (Å²) < 4.78 is 11.4. The molecular weight excluding hydrogens is 435 g/mol. The van der Waals surface area contributed by atoms with Gasteiger partial charge in [-0.3, -0.25) is 0 Å². The number of amides is 1. The van der Waals surface area contributed by atoms with Gasteiger partial charge in [-0.05, 0) is 68.5 Å². The fourth-order valence-electron chi connectivity index (χ4n) is 2.55. The highest BCUT2D eigenvalue weighted by Gasteiger charge is 2.26. The molecule has 1 fully saturated rings. The highest BCUT2D eigenvalue weighted by molar-refractivity contribution is 14.1. The van der Waals surface area contributed by atoms with Crippen molar-refractivity contribution in [2.45, 2.75) is 33.3 Å². The molecule has 6 nitrogen and oxygen atoms in total. The van der Waals surface area contributed by atoms with Crippen LogP contribution in [0.4, 0.5) is 10.5 Å². The summed E-state index contributed by atoms with van der Waals surface area (Å²) in [5.41, 5.74) is 1.06. The van der Waals surface area contributed by atoms with Crippen molar-refractivity contribution in [3.05, 3.63) is 27.3 Å². The fraction of sp³-hybridized carbons (Fsp3) is 0.556. The first-order valence-corrected chi connectivity index (χ1v) is 9.48. The molecule has 0 aromatic heterocycles. The number of rotatable bonds is 3. The maximum absolute atomic E-state index is 12.1. The van der Waals surface area contributed by atoms with Crippen molar-refractivity contribution in [3.8, 4) is 0 Å². The molecule has 0 atom stereocenters. The average molecular weight is 460 g/mol. The van der Waals surface area contributed by atoms with Gasteiger partial charge in [-0.25, -0.2) is 9.59 Å². The molecule has 1 aliphatic heterocycles. The first-order chi connectivity index (χ1) is 11.7. The van der Waals surface area contributed by atoms with E-state index >= 15 is 0 Å². The number of halogens is 1. The van der Waals surface area contributed by atoms with Gasteiger partial charge in [0.2, 0.25) is 0 Å². The van der Waals surface area contributed by atoms with Crippen LogP contribution in [0.2, 0.25) is 0 Å². The van der Waals surface area contributed by atoms with Crippen LogP contribution in [0, 0.1) is 3.57 Å². The first kappa shape index (κ1) is 19.8. The Morgan fingerprint density at radius 2 is 1.80 bits per heavy atom. The number of hydrogen-bond acceptors (Lipinski definition) is 5. The highest BCUT2D eigenvalue weighted by Crippen LogP contribution is 2.23. The number of ether oxygens (including phenoxy) is 2. The van der Waals surface area contributed by atoms with Crippen LogP contribution < -0.4 is 4.90 Å². The van der Waals surface area contributed by atoms with Crippen LogP contribution in [0.3, 0.4) is 0 Å². The van der Waals surface area contributed by atoms with Crippen LogP contribution in [0.1, 0.15) is 38.1 Å². The van der Waals surface area contributed by atoms with Gasteiger partial charge in [0, 0.05) is 35.4 Å². The number of anilines is 1. The minimum atomic E-state index is -0.487. The number of esters is 1. The molecule has 0 spiro atoms. The monoisotopic (exact) mass is 460 g/mol. The third-order valence-electron chi connectivity index (χ3n) is 3.74. The van der Waals surface area contributed by atoms with E-state index in [1.165, 1.54) is 0 Å². The molecule has 1 aromatic carbocycles. The zero-order valence-electron chi connectivity index (χ0n) is 15.2. The number of nitrogens with zero attached hydrogens (tertiary/aromatic N) is 2. The van der Waals surface area contributed by atoms with E-state index in [0.717, 1.165) is 9.26 Å². The largest absolute Gasteiger partial charge is 0.462 e. The Balaban J connectivity index is 2.02. The van der Waals surface area contributed by atoms with E-state index in [-0.39, 0.29) is 12.1 Å². The molecular formula is C18H25IN2O4. The van der Waals surface area contributed by atoms with E-state index in [4.69, 9.17) is 9.47 Å². The predicted octanol–water partition coefficient (Wildman–Crippen LogP) is 3.53. The molecule has 1 saturated heterocycles. The summed E-state index contributed by atoms with van der Waals surface area (Å²) in [4.78, 5) is 28.1. The number of piperazine rings is 1. The summed E-state index contributed by atoms with van der Waals surface area (Å²) in [6, 6.07) is 5.78. The van der Waals surface area contributed by atoms with E-state index in [1.807, 2.05) is 39.0 Å². The van der Waals surface area contributed by atoms with Gasteiger partial charge in [0.05, 0.1) is 12.2 Å². The minimum Gasteiger partial charge on any atom is -0.462 e. The molecule has 2 rings (SSSR count). The van der Waals surface area contributed by atoms with Gasteiger partial charge in [-0.1, -0.05) is 0 Å². The molecule has 138 valence electrons. The third-order valence-corrected chi connectivity index (χ3v) is 4.68. The Bertz CT molecular complexity index is 634. The second kappa shape index (κ2) is 8.25. The topological polar surface area (TPSA) is 59.1 Å². The van der Waals surface area contributed by atoms with Crippen LogP contribution in [0.15, 0.2) is 18.2 Å². The predicted molar refractivity (Wildman–Crippen MR) is 105 cm³/mol. The summed E-state index contributed by atoms with van der Waals surface area (Å²) in [5.74, 6) is -0.304. The molecule has 1 heterocycles. The lowest BCUT2D eigenvalue weighted by molar-refractivity contribution is 0.0240. The Hall–Kier alpha value is -1.51. The van der Waals surface area contributed by atoms with Gasteiger partial charge in [-0.15, -0.1) is 0 Å². The van der Waals surface area contributed by atoms with Crippen LogP contribution >= 0.6 is 22.6 Å². The number of hydrogen-bond donors (Lipinski definition) is 0. The lowest BCUT2D eigenvalue weighted by Crippen LogP contribution is -2.50. The lowest BCUT2D eigenvalue weighted by Gasteiger charge is -2.36. The second-order valence-corrected chi connectivity index (χ2v) is 8.00. The summed E-state index contributed by atoms with van der Waals surface area (Å²) in [7, 11) is 0. The fourth-order valence-corrected chi connectivity index (χ4v) is 3.10. The lowest BCUT2D eigenvalue weighted by atomic mass is 10.1. The molecule has 1 amide bonds. The van der Waals surface area contributed by atoms with E-state index < -0.39 is 5.60 Å². The van der Waals surface area contributed by atoms with E-state index in [9.17, 15) is 9.59 Å². The number of carbonyl (C=O) groups is 2. The first-order valence-electron chi connectivity index (χ1n) is 8.41. The second-order valence-electron chi connectivity index (χ2n) is 6.84. The molecule has 1 aliphatic rings. The van der Waals surface area contributed by atoms with Gasteiger partial charge in [0.1, 0.15) is 5.60 Å². The quantitative estimate of drug-likeness (QED) is 0.511. The smallest absolute Gasteiger partial charge is 0.410 e. The molecule has 0 bridgehead atoms. The average Bonchev–Trinajstić information content (AvgIpc) is 2.54. The van der Waals surface area contributed by atoms with Crippen molar-refractivity contribution in [1.29, 1.82) is 0 Å². The van der Waals surface area contributed by atoms with Crippen molar-refractivity contribution in [2.75, 3.05) is 37.7 Å². The summed E-state index contributed by atoms with van der Waals surface area (Å²) in [5, 5.41) is 0. The van der Waals surface area contributed by atoms with Gasteiger partial charge in [0.25, 0.3) is 0 Å². The molecule has 25 heavy (non-hydrogen) atoms. The van der Waals surface area contributed by atoms with E-state index in [1.54, 1.807) is 11.8 Å². The summed E-state index contributed by atoms with van der Waals surface area (Å²) in [6.07, 6.45) is -0.276. The van der Waals surface area contributed by atoms with Gasteiger partial charge in [0.15, 0.2) is 0 Å². The standard InChI is InChI=1S/C18H25IN2O4/c1-5-24-16(22)14-12-13(6-7-15(14)19)20-8-10-21(11-9-20)17(23)25-18(2,3)4/h6-7,12H,5,8-11H2,1-4H3. The van der Waals surface area contributed by atoms with E-state index in [0.29, 0.717) is 38.3 Å². The molecule has 0 N–H and O–H groups in total. The maximum atomic E-state index is 12.1. The van der Waals surface area contributed by atoms with Gasteiger partial charge >= 0.3 is 12.1 Å². The number of benzene rings is 1. The van der Waals surface area contributed by atoms with Crippen molar-refractivity contribution >= 4 is 40.3 Å². The van der Waals surface area contributed by atoms with Crippen molar-refractivity contribution in [2.24, 2.45) is 0 Å². The maximum Gasteiger partial charge on any atom is 0.410 e. The Morgan fingerprint density at radius 1 is 1.16 bits per heavy atom. The molecule has 0 radical (unpaired) electrons. The van der Waals surface area contributed by atoms with Gasteiger partial charge in [-0.2, -0.15) is 0 Å². The normalized spacial score (nSPS) is 15.1. The van der Waals surface area contributed by atoms with Crippen LogP contribution in [-0.4, -0.2) is 55.3 Å². The Labute approximate surface area is 162 Å². The summed E-state index contributed by atoms with van der Waals surface area (Å²) in [6.45, 7) is 10.3. The zero-order valence-corrected chi connectivity index (χ0v) is 17.3. The minimum absolute atomic E-state index is 0.276. The van der Waals surface area contributed by atoms with Gasteiger partial charge < -0.3 is 19.3 Å². The highest BCUT2D eigenvalue weighted by atomic mass is 127. The van der Waals surface area contributed by atoms with Crippen molar-refractivity contribution < 1.29 is 19.1 Å². The molecule has 0 aliphatic carbocycles. The van der Waals surface area contributed by atoms with Crippen molar-refractivity contribution in [3.63, 3.8) is 0 Å². The van der Waals surface area contributed by atoms with Crippen LogP contribution in [-0.2, 0) is 9.47 Å². The third kappa shape index (κ3) is 5.49. The zero-order chi connectivity index (χ0) is 18.6. The molecule has 0 saturated carbocycles. The van der Waals surface area contributed by atoms with Crippen LogP contribution in [0.5, 0.6) is 0 Å². The molecule has 0 unspecified atom stereocenters. The molecule has 7 heteroatoms.